The van der Waals surface area contributed by atoms with Gasteiger partial charge in [0.15, 0.2) is 0 Å². The zero-order valence-electron chi connectivity index (χ0n) is 48.5. The Balaban J connectivity index is 1.06. The first-order valence-electron chi connectivity index (χ1n) is 28.0. The summed E-state index contributed by atoms with van der Waals surface area (Å²) in [5.41, 5.74) is 20.1. The summed E-state index contributed by atoms with van der Waals surface area (Å²) < 4.78 is 2.39. The zero-order chi connectivity index (χ0) is 55.1. The molecule has 0 unspecified atom stereocenters. The molecule has 0 fully saturated rings. The Morgan fingerprint density at radius 1 is 0.359 bits per heavy atom. The summed E-state index contributed by atoms with van der Waals surface area (Å²) >= 11 is 0. The van der Waals surface area contributed by atoms with E-state index in [9.17, 15) is 0 Å². The van der Waals surface area contributed by atoms with E-state index in [4.69, 9.17) is 4.98 Å². The van der Waals surface area contributed by atoms with Crippen molar-refractivity contribution in [2.45, 2.75) is 124 Å². The Kier molecular flexibility index (Phi) is 12.9. The first kappa shape index (κ1) is 52.2. The average Bonchev–Trinajstić information content (AvgIpc) is 4.18. The number of fused-ring (bicyclic) bond motifs is 4. The first-order valence-corrected chi connectivity index (χ1v) is 28.0. The lowest BCUT2D eigenvalue weighted by atomic mass is 9.72. The van der Waals surface area contributed by atoms with Crippen LogP contribution in [-0.2, 0) is 27.1 Å². The number of benzene rings is 8. The Labute approximate surface area is 464 Å². The van der Waals surface area contributed by atoms with Gasteiger partial charge in [-0.1, -0.05) is 200 Å². The van der Waals surface area contributed by atoms with E-state index in [-0.39, 0.29) is 27.1 Å². The highest BCUT2D eigenvalue weighted by molar-refractivity contribution is 6.11. The Morgan fingerprint density at radius 2 is 0.885 bits per heavy atom. The summed E-state index contributed by atoms with van der Waals surface area (Å²) in [6, 6.07) is 72.4. The molecule has 8 aromatic carbocycles. The highest BCUT2D eigenvalue weighted by atomic mass is 15.4. The molecular formula is C73H77N5. The molecule has 5 heteroatoms. The van der Waals surface area contributed by atoms with Crippen molar-refractivity contribution < 1.29 is 0 Å². The molecule has 0 saturated heterocycles. The fraction of sp³-hybridized carbons (Fsp3) is 0.274. The summed E-state index contributed by atoms with van der Waals surface area (Å²) in [6.07, 6.45) is 2.01. The Morgan fingerprint density at radius 3 is 1.49 bits per heavy atom. The van der Waals surface area contributed by atoms with Gasteiger partial charge in [-0.05, 0) is 157 Å². The third kappa shape index (κ3) is 9.78. The SMILES string of the molecule is CC(C)(C)c1cc(N2CN(c3cccc(N(c4ccccc4)c4ccc5c6cc(-c7ccccc7)ccc6n(-c6cc(C(C)(C)c7cc(C(C)(C)C)cc(C(C)(C)C)c7)ccn6)c5c4)c3)c3ccccc32)cc(C(C)(C)C)c1. The summed E-state index contributed by atoms with van der Waals surface area (Å²) in [4.78, 5) is 12.6. The minimum Gasteiger partial charge on any atom is -0.321 e. The number of hydrogen-bond donors (Lipinski definition) is 0. The molecule has 1 aliphatic heterocycles. The maximum Gasteiger partial charge on any atom is 0.137 e. The smallest absolute Gasteiger partial charge is 0.137 e. The van der Waals surface area contributed by atoms with Crippen LogP contribution < -0.4 is 14.7 Å². The number of nitrogens with zero attached hydrogens (tertiary/aromatic N) is 5. The van der Waals surface area contributed by atoms with E-state index in [1.165, 1.54) is 72.3 Å². The van der Waals surface area contributed by atoms with Gasteiger partial charge in [-0.25, -0.2) is 4.98 Å². The lowest BCUT2D eigenvalue weighted by Gasteiger charge is -2.32. The van der Waals surface area contributed by atoms with E-state index in [2.05, 4.69) is 310 Å². The molecule has 0 radical (unpaired) electrons. The molecular weight excluding hydrogens is 947 g/mol. The Hall–Kier alpha value is -7.89. The molecule has 0 aliphatic carbocycles. The van der Waals surface area contributed by atoms with Crippen molar-refractivity contribution in [3.8, 4) is 16.9 Å². The summed E-state index contributed by atoms with van der Waals surface area (Å²) in [6.45, 7) is 33.3. The maximum atomic E-state index is 5.25. The third-order valence-corrected chi connectivity index (χ3v) is 16.3. The number of pyridine rings is 1. The van der Waals surface area contributed by atoms with Crippen LogP contribution in [0.15, 0.2) is 200 Å². The predicted octanol–water partition coefficient (Wildman–Crippen LogP) is 20.1. The van der Waals surface area contributed by atoms with E-state index in [0.29, 0.717) is 6.67 Å². The van der Waals surface area contributed by atoms with Crippen LogP contribution >= 0.6 is 0 Å². The zero-order valence-corrected chi connectivity index (χ0v) is 48.5. The van der Waals surface area contributed by atoms with Gasteiger partial charge in [0.25, 0.3) is 0 Å². The monoisotopic (exact) mass is 1020 g/mol. The minimum absolute atomic E-state index is 0.00000542. The second-order valence-corrected chi connectivity index (χ2v) is 26.4. The standard InChI is InChI=1S/C73H77N5/c1-69(2,3)52-39-53(70(4,5)6)42-56(41-52)73(13,14)51-36-37-74-68(45-51)78-64-35-32-50(49-24-17-15-18-25-49)38-63(64)62-34-33-60(47-67(62)78)77(57-26-19-16-20-27-57)59-29-23-28-58(46-59)75-48-76(66-31-22-21-30-65(66)75)61-43-54(71(7,8)9)40-55(44-61)72(10,11)12/h15-47H,48H2,1-14H3. The molecule has 2 aromatic heterocycles. The van der Waals surface area contributed by atoms with Crippen LogP contribution in [0.1, 0.15) is 130 Å². The molecule has 1 aliphatic rings. The van der Waals surface area contributed by atoms with Gasteiger partial charge < -0.3 is 14.7 Å². The highest BCUT2D eigenvalue weighted by Gasteiger charge is 2.32. The molecule has 0 atom stereocenters. The normalized spacial score (nSPS) is 13.4. The van der Waals surface area contributed by atoms with Crippen LogP contribution in [0.5, 0.6) is 0 Å². The van der Waals surface area contributed by atoms with E-state index >= 15 is 0 Å². The third-order valence-electron chi connectivity index (χ3n) is 16.3. The summed E-state index contributed by atoms with van der Waals surface area (Å²) in [5, 5.41) is 2.36. The molecule has 3 heterocycles. The van der Waals surface area contributed by atoms with Crippen LogP contribution in [-0.4, -0.2) is 16.2 Å². The number of para-hydroxylation sites is 3. The fourth-order valence-electron chi connectivity index (χ4n) is 11.3. The second kappa shape index (κ2) is 19.2. The van der Waals surface area contributed by atoms with Crippen molar-refractivity contribution in [2.24, 2.45) is 0 Å². The molecule has 394 valence electrons. The van der Waals surface area contributed by atoms with Crippen molar-refractivity contribution in [3.05, 3.63) is 234 Å². The lowest BCUT2D eigenvalue weighted by Crippen LogP contribution is -2.25. The molecule has 0 amide bonds. The van der Waals surface area contributed by atoms with Crippen molar-refractivity contribution in [1.82, 2.24) is 9.55 Å². The average molecular weight is 1020 g/mol. The van der Waals surface area contributed by atoms with E-state index in [1.54, 1.807) is 0 Å². The van der Waals surface area contributed by atoms with Gasteiger partial charge in [-0.15, -0.1) is 0 Å². The molecule has 0 N–H and O–H groups in total. The van der Waals surface area contributed by atoms with Gasteiger partial charge in [0, 0.05) is 50.8 Å². The quantitative estimate of drug-likeness (QED) is 0.144. The molecule has 78 heavy (non-hydrogen) atoms. The molecule has 10 aromatic rings. The van der Waals surface area contributed by atoms with Crippen LogP contribution in [0.3, 0.4) is 0 Å². The van der Waals surface area contributed by atoms with E-state index < -0.39 is 0 Å². The largest absolute Gasteiger partial charge is 0.321 e. The second-order valence-electron chi connectivity index (χ2n) is 26.4. The van der Waals surface area contributed by atoms with Gasteiger partial charge in [0.05, 0.1) is 22.4 Å². The first-order chi connectivity index (χ1) is 36.9. The van der Waals surface area contributed by atoms with E-state index in [1.807, 2.05) is 6.20 Å². The molecule has 0 bridgehead atoms. The highest BCUT2D eigenvalue weighted by Crippen LogP contribution is 2.48. The molecule has 0 saturated carbocycles. The predicted molar refractivity (Wildman–Crippen MR) is 334 cm³/mol. The van der Waals surface area contributed by atoms with Crippen LogP contribution in [0.4, 0.5) is 39.8 Å². The van der Waals surface area contributed by atoms with Crippen molar-refractivity contribution in [2.75, 3.05) is 21.4 Å². The van der Waals surface area contributed by atoms with Crippen LogP contribution in [0.2, 0.25) is 0 Å². The van der Waals surface area contributed by atoms with Gasteiger partial charge >= 0.3 is 0 Å². The maximum absolute atomic E-state index is 5.25. The Bertz CT molecular complexity index is 3790. The van der Waals surface area contributed by atoms with Crippen molar-refractivity contribution in [1.29, 1.82) is 0 Å². The minimum atomic E-state index is -0.322. The summed E-state index contributed by atoms with van der Waals surface area (Å²) in [5.74, 6) is 0.890. The molecule has 11 rings (SSSR count). The fourth-order valence-corrected chi connectivity index (χ4v) is 11.3. The van der Waals surface area contributed by atoms with Gasteiger partial charge in [-0.2, -0.15) is 0 Å². The molecule has 5 nitrogen and oxygen atoms in total. The van der Waals surface area contributed by atoms with Crippen LogP contribution in [0, 0.1) is 0 Å². The summed E-state index contributed by atoms with van der Waals surface area (Å²) in [7, 11) is 0. The van der Waals surface area contributed by atoms with Gasteiger partial charge in [-0.3, -0.25) is 4.57 Å². The lowest BCUT2D eigenvalue weighted by molar-refractivity contribution is 0.557. The topological polar surface area (TPSA) is 27.5 Å². The van der Waals surface area contributed by atoms with Crippen molar-refractivity contribution >= 4 is 61.6 Å². The van der Waals surface area contributed by atoms with E-state index in [0.717, 1.165) is 39.6 Å². The number of rotatable bonds is 9. The number of anilines is 7. The number of hydrogen-bond acceptors (Lipinski definition) is 4. The molecule has 0 spiro atoms. The number of aromatic nitrogens is 2. The van der Waals surface area contributed by atoms with Gasteiger partial charge in [0.1, 0.15) is 12.5 Å². The van der Waals surface area contributed by atoms with Gasteiger partial charge in [0.2, 0.25) is 0 Å². The van der Waals surface area contributed by atoms with Crippen molar-refractivity contribution in [3.63, 3.8) is 0 Å². The van der Waals surface area contributed by atoms with Crippen LogP contribution in [0.25, 0.3) is 38.8 Å².